The van der Waals surface area contributed by atoms with Gasteiger partial charge in [-0.05, 0) is 36.4 Å². The van der Waals surface area contributed by atoms with Gasteiger partial charge in [0.1, 0.15) is 11.4 Å². The molecule has 2 aromatic carbocycles. The fourth-order valence-electron chi connectivity index (χ4n) is 2.40. The maximum absolute atomic E-state index is 12.6. The third kappa shape index (κ3) is 4.97. The number of carbonyl (C=O) groups is 1. The van der Waals surface area contributed by atoms with Gasteiger partial charge in [-0.2, -0.15) is 5.10 Å². The number of para-hydroxylation sites is 1. The van der Waals surface area contributed by atoms with E-state index in [0.29, 0.717) is 28.8 Å². The van der Waals surface area contributed by atoms with E-state index in [1.807, 2.05) is 18.2 Å². The molecule has 8 heteroatoms. The molecule has 0 fully saturated rings. The van der Waals surface area contributed by atoms with Crippen LogP contribution in [0.15, 0.2) is 65.5 Å². The van der Waals surface area contributed by atoms with E-state index in [2.05, 4.69) is 10.4 Å². The second kappa shape index (κ2) is 9.16. The molecule has 1 aromatic heterocycles. The second-order valence-corrected chi connectivity index (χ2v) is 6.22. The third-order valence-electron chi connectivity index (χ3n) is 3.77. The van der Waals surface area contributed by atoms with Crippen molar-refractivity contribution in [3.05, 3.63) is 81.7 Å². The summed E-state index contributed by atoms with van der Waals surface area (Å²) in [6.45, 7) is 0.553. The topological polar surface area (TPSA) is 82.5 Å². The molecule has 3 rings (SSSR count). The average Bonchev–Trinajstić information content (AvgIpc) is 2.70. The highest BCUT2D eigenvalue weighted by Gasteiger charge is 2.14. The quantitative estimate of drug-likeness (QED) is 0.656. The zero-order valence-electron chi connectivity index (χ0n) is 15.1. The van der Waals surface area contributed by atoms with Crippen LogP contribution in [0.4, 0.5) is 5.69 Å². The Morgan fingerprint density at radius 3 is 2.68 bits per heavy atom. The van der Waals surface area contributed by atoms with Crippen molar-refractivity contribution in [1.29, 1.82) is 0 Å². The first kappa shape index (κ1) is 19.6. The highest BCUT2D eigenvalue weighted by molar-refractivity contribution is 6.31. The summed E-state index contributed by atoms with van der Waals surface area (Å²) in [6.07, 6.45) is 0. The summed E-state index contributed by atoms with van der Waals surface area (Å²) < 4.78 is 12.0. The zero-order valence-corrected chi connectivity index (χ0v) is 15.8. The minimum absolute atomic E-state index is 0.0846. The van der Waals surface area contributed by atoms with E-state index >= 15 is 0 Å². The van der Waals surface area contributed by atoms with E-state index in [1.165, 1.54) is 23.9 Å². The lowest BCUT2D eigenvalue weighted by molar-refractivity contribution is 0.101. The van der Waals surface area contributed by atoms with Crippen molar-refractivity contribution in [1.82, 2.24) is 9.78 Å². The smallest absolute Gasteiger partial charge is 0.276 e. The number of nitrogens with one attached hydrogen (secondary N) is 1. The van der Waals surface area contributed by atoms with Crippen molar-refractivity contribution in [3.8, 4) is 11.5 Å². The van der Waals surface area contributed by atoms with Gasteiger partial charge in [0, 0.05) is 18.2 Å². The van der Waals surface area contributed by atoms with Gasteiger partial charge in [0.15, 0.2) is 5.75 Å². The van der Waals surface area contributed by atoms with Crippen LogP contribution in [0.2, 0.25) is 5.02 Å². The molecule has 3 aromatic rings. The first-order valence-electron chi connectivity index (χ1n) is 8.48. The van der Waals surface area contributed by atoms with Crippen LogP contribution in [0, 0.1) is 0 Å². The van der Waals surface area contributed by atoms with Gasteiger partial charge >= 0.3 is 0 Å². The Morgan fingerprint density at radius 1 is 1.14 bits per heavy atom. The Morgan fingerprint density at radius 2 is 1.93 bits per heavy atom. The van der Waals surface area contributed by atoms with E-state index in [4.69, 9.17) is 21.1 Å². The van der Waals surface area contributed by atoms with Crippen molar-refractivity contribution < 1.29 is 14.3 Å². The van der Waals surface area contributed by atoms with Gasteiger partial charge in [-0.3, -0.25) is 9.59 Å². The molecule has 7 nitrogen and oxygen atoms in total. The van der Waals surface area contributed by atoms with Crippen molar-refractivity contribution in [2.24, 2.45) is 0 Å². The number of aromatic nitrogens is 2. The van der Waals surface area contributed by atoms with E-state index in [9.17, 15) is 9.59 Å². The first-order chi connectivity index (χ1) is 13.6. The zero-order chi connectivity index (χ0) is 19.9. The number of anilines is 1. The van der Waals surface area contributed by atoms with Gasteiger partial charge in [0.2, 0.25) is 0 Å². The highest BCUT2D eigenvalue weighted by Crippen LogP contribution is 2.32. The number of methoxy groups -OCH3 is 1. The SMILES string of the molecule is COCCn1nc(C(=O)Nc2cc(Cl)ccc2Oc2ccccc2)ccc1=O. The van der Waals surface area contributed by atoms with E-state index in [1.54, 1.807) is 30.3 Å². The van der Waals surface area contributed by atoms with Crippen molar-refractivity contribution in [2.75, 3.05) is 19.0 Å². The van der Waals surface area contributed by atoms with Crippen molar-refractivity contribution in [3.63, 3.8) is 0 Å². The van der Waals surface area contributed by atoms with Gasteiger partial charge in [0.25, 0.3) is 11.5 Å². The van der Waals surface area contributed by atoms with Crippen LogP contribution in [0.25, 0.3) is 0 Å². The molecule has 0 bridgehead atoms. The molecule has 0 radical (unpaired) electrons. The average molecular weight is 400 g/mol. The predicted molar refractivity (Wildman–Crippen MR) is 106 cm³/mol. The molecule has 0 aliphatic carbocycles. The van der Waals surface area contributed by atoms with Gasteiger partial charge < -0.3 is 14.8 Å². The summed E-state index contributed by atoms with van der Waals surface area (Å²) >= 11 is 6.07. The van der Waals surface area contributed by atoms with Crippen LogP contribution in [-0.2, 0) is 11.3 Å². The fraction of sp³-hybridized carbons (Fsp3) is 0.150. The molecule has 144 valence electrons. The number of hydrogen-bond acceptors (Lipinski definition) is 5. The second-order valence-electron chi connectivity index (χ2n) is 5.78. The molecule has 28 heavy (non-hydrogen) atoms. The largest absolute Gasteiger partial charge is 0.455 e. The lowest BCUT2D eigenvalue weighted by Gasteiger charge is -2.13. The van der Waals surface area contributed by atoms with Crippen LogP contribution < -0.4 is 15.6 Å². The molecule has 0 unspecified atom stereocenters. The number of amides is 1. The molecule has 0 aliphatic rings. The van der Waals surface area contributed by atoms with E-state index < -0.39 is 5.91 Å². The Kier molecular flexibility index (Phi) is 6.41. The molecule has 1 heterocycles. The molecule has 0 saturated heterocycles. The molecular weight excluding hydrogens is 382 g/mol. The van der Waals surface area contributed by atoms with Gasteiger partial charge in [0.05, 0.1) is 18.8 Å². The lowest BCUT2D eigenvalue weighted by atomic mass is 10.2. The van der Waals surface area contributed by atoms with Crippen molar-refractivity contribution >= 4 is 23.2 Å². The van der Waals surface area contributed by atoms with Gasteiger partial charge in [-0.25, -0.2) is 4.68 Å². The Bertz CT molecular complexity index is 1020. The number of hydrogen-bond donors (Lipinski definition) is 1. The molecule has 0 spiro atoms. The van der Waals surface area contributed by atoms with Crippen LogP contribution in [0.3, 0.4) is 0 Å². The minimum atomic E-state index is -0.494. The third-order valence-corrected chi connectivity index (χ3v) is 4.00. The lowest BCUT2D eigenvalue weighted by Crippen LogP contribution is -2.27. The van der Waals surface area contributed by atoms with Crippen LogP contribution in [0.1, 0.15) is 10.5 Å². The number of nitrogens with zero attached hydrogens (tertiary/aromatic N) is 2. The van der Waals surface area contributed by atoms with E-state index in [-0.39, 0.29) is 17.8 Å². The Hall–Kier alpha value is -3.16. The number of benzene rings is 2. The predicted octanol–water partition coefficient (Wildman–Crippen LogP) is 3.59. The molecule has 0 aliphatic heterocycles. The number of rotatable bonds is 7. The molecule has 1 amide bonds. The van der Waals surface area contributed by atoms with Crippen LogP contribution in [0.5, 0.6) is 11.5 Å². The minimum Gasteiger partial charge on any atom is -0.455 e. The molecular formula is C20H18ClN3O4. The molecule has 1 N–H and O–H groups in total. The maximum atomic E-state index is 12.6. The monoisotopic (exact) mass is 399 g/mol. The van der Waals surface area contributed by atoms with Crippen LogP contribution in [-0.4, -0.2) is 29.4 Å². The standard InChI is InChI=1S/C20H18ClN3O4/c1-27-12-11-24-19(25)10-8-16(23-24)20(26)22-17-13-14(21)7-9-18(17)28-15-5-3-2-4-6-15/h2-10,13H,11-12H2,1H3,(H,22,26). The maximum Gasteiger partial charge on any atom is 0.276 e. The number of halogens is 1. The Labute approximate surface area is 166 Å². The van der Waals surface area contributed by atoms with Gasteiger partial charge in [-0.1, -0.05) is 29.8 Å². The summed E-state index contributed by atoms with van der Waals surface area (Å²) in [5, 5.41) is 7.25. The van der Waals surface area contributed by atoms with Crippen molar-refractivity contribution in [2.45, 2.75) is 6.54 Å². The van der Waals surface area contributed by atoms with Gasteiger partial charge in [-0.15, -0.1) is 0 Å². The first-order valence-corrected chi connectivity index (χ1v) is 8.85. The normalized spacial score (nSPS) is 10.5. The summed E-state index contributed by atoms with van der Waals surface area (Å²) in [6, 6.07) is 16.7. The Balaban J connectivity index is 1.84. The summed E-state index contributed by atoms with van der Waals surface area (Å²) in [5.41, 5.74) is 0.156. The summed E-state index contributed by atoms with van der Waals surface area (Å²) in [5.74, 6) is 0.551. The summed E-state index contributed by atoms with van der Waals surface area (Å²) in [4.78, 5) is 24.5. The molecule has 0 atom stereocenters. The number of carbonyl (C=O) groups excluding carboxylic acids is 1. The number of ether oxygens (including phenoxy) is 2. The van der Waals surface area contributed by atoms with E-state index in [0.717, 1.165) is 0 Å². The summed E-state index contributed by atoms with van der Waals surface area (Å²) in [7, 11) is 1.52. The molecule has 0 saturated carbocycles. The van der Waals surface area contributed by atoms with Crippen LogP contribution >= 0.6 is 11.6 Å². The highest BCUT2D eigenvalue weighted by atomic mass is 35.5. The fourth-order valence-corrected chi connectivity index (χ4v) is 2.57.